The minimum Gasteiger partial charge on any atom is -0.354 e. The molecule has 3 N–H and O–H groups in total. The number of piperidine rings is 1. The Kier molecular flexibility index (Phi) is 5.85. The van der Waals surface area contributed by atoms with E-state index in [1.807, 2.05) is 0 Å². The Morgan fingerprint density at radius 2 is 1.75 bits per heavy atom. The van der Waals surface area contributed by atoms with E-state index in [1.54, 1.807) is 0 Å². The lowest BCUT2D eigenvalue weighted by atomic mass is 9.82. The average Bonchev–Trinajstić information content (AvgIpc) is 2.46. The first-order valence-electron chi connectivity index (χ1n) is 8.40. The van der Waals surface area contributed by atoms with Gasteiger partial charge in [0.05, 0.1) is 5.54 Å². The zero-order chi connectivity index (χ0) is 14.4. The van der Waals surface area contributed by atoms with Gasteiger partial charge in [-0.05, 0) is 44.7 Å². The monoisotopic (exact) mass is 281 g/mol. The van der Waals surface area contributed by atoms with Crippen LogP contribution in [-0.2, 0) is 4.79 Å². The third kappa shape index (κ3) is 4.45. The Balaban J connectivity index is 1.69. The summed E-state index contributed by atoms with van der Waals surface area (Å²) in [6.07, 6.45) is 9.12. The summed E-state index contributed by atoms with van der Waals surface area (Å²) in [5.41, 5.74) is 5.66. The highest BCUT2D eigenvalue weighted by Crippen LogP contribution is 2.26. The van der Waals surface area contributed by atoms with Crippen LogP contribution in [0.5, 0.6) is 0 Å². The number of nitrogens with one attached hydrogen (secondary N) is 1. The Bertz CT molecular complexity index is 307. The predicted molar refractivity (Wildman–Crippen MR) is 82.5 cm³/mol. The summed E-state index contributed by atoms with van der Waals surface area (Å²) < 4.78 is 0. The maximum Gasteiger partial charge on any atom is 0.240 e. The third-order valence-corrected chi connectivity index (χ3v) is 4.83. The molecule has 0 radical (unpaired) electrons. The maximum atomic E-state index is 12.3. The molecular weight excluding hydrogens is 250 g/mol. The molecule has 4 nitrogen and oxygen atoms in total. The van der Waals surface area contributed by atoms with Gasteiger partial charge in [0.2, 0.25) is 5.91 Å². The van der Waals surface area contributed by atoms with E-state index in [0.29, 0.717) is 5.92 Å². The van der Waals surface area contributed by atoms with E-state index in [-0.39, 0.29) is 5.91 Å². The van der Waals surface area contributed by atoms with E-state index in [1.165, 1.54) is 38.8 Å². The van der Waals surface area contributed by atoms with Crippen LogP contribution in [0, 0.1) is 5.92 Å². The average molecular weight is 281 g/mol. The van der Waals surface area contributed by atoms with Crippen molar-refractivity contribution in [2.45, 2.75) is 63.8 Å². The van der Waals surface area contributed by atoms with Crippen LogP contribution in [0.1, 0.15) is 58.3 Å². The van der Waals surface area contributed by atoms with Crippen molar-refractivity contribution in [3.8, 4) is 0 Å². The molecule has 0 aromatic rings. The SMILES string of the molecule is CC(CNC(=O)C1(N)CCCCC1)CN1CCCCC1. The summed E-state index contributed by atoms with van der Waals surface area (Å²) in [5, 5.41) is 3.09. The number of likely N-dealkylation sites (tertiary alicyclic amines) is 1. The fourth-order valence-electron chi connectivity index (χ4n) is 3.50. The molecular formula is C16H31N3O. The zero-order valence-electron chi connectivity index (χ0n) is 13.0. The van der Waals surface area contributed by atoms with Crippen LogP contribution in [0.4, 0.5) is 0 Å². The van der Waals surface area contributed by atoms with Crippen LogP contribution >= 0.6 is 0 Å². The van der Waals surface area contributed by atoms with Gasteiger partial charge in [-0.2, -0.15) is 0 Å². The first-order valence-corrected chi connectivity index (χ1v) is 8.40. The van der Waals surface area contributed by atoms with Gasteiger partial charge in [0.15, 0.2) is 0 Å². The van der Waals surface area contributed by atoms with Crippen LogP contribution in [0.3, 0.4) is 0 Å². The molecule has 2 fully saturated rings. The van der Waals surface area contributed by atoms with Crippen LogP contribution in [-0.4, -0.2) is 42.5 Å². The number of nitrogens with two attached hydrogens (primary N) is 1. The number of rotatable bonds is 5. The largest absolute Gasteiger partial charge is 0.354 e. The van der Waals surface area contributed by atoms with Gasteiger partial charge in [0.1, 0.15) is 0 Å². The lowest BCUT2D eigenvalue weighted by Crippen LogP contribution is -2.55. The van der Waals surface area contributed by atoms with E-state index >= 15 is 0 Å². The first kappa shape index (κ1) is 15.8. The van der Waals surface area contributed by atoms with Crippen LogP contribution in [0.25, 0.3) is 0 Å². The minimum absolute atomic E-state index is 0.0719. The number of carbonyl (C=O) groups excluding carboxylic acids is 1. The molecule has 1 saturated heterocycles. The van der Waals surface area contributed by atoms with Crippen molar-refractivity contribution >= 4 is 5.91 Å². The predicted octanol–water partition coefficient (Wildman–Crippen LogP) is 1.89. The topological polar surface area (TPSA) is 58.4 Å². The molecule has 0 bridgehead atoms. The van der Waals surface area contributed by atoms with Crippen molar-refractivity contribution < 1.29 is 4.79 Å². The van der Waals surface area contributed by atoms with E-state index in [9.17, 15) is 4.79 Å². The van der Waals surface area contributed by atoms with Crippen molar-refractivity contribution in [3.63, 3.8) is 0 Å². The van der Waals surface area contributed by atoms with Crippen LogP contribution < -0.4 is 11.1 Å². The van der Waals surface area contributed by atoms with Gasteiger partial charge in [-0.1, -0.05) is 32.6 Å². The third-order valence-electron chi connectivity index (χ3n) is 4.83. The van der Waals surface area contributed by atoms with Gasteiger partial charge < -0.3 is 16.0 Å². The number of amides is 1. The summed E-state index contributed by atoms with van der Waals surface area (Å²) in [6.45, 7) is 6.52. The number of hydrogen-bond acceptors (Lipinski definition) is 3. The molecule has 116 valence electrons. The Hall–Kier alpha value is -0.610. The fourth-order valence-corrected chi connectivity index (χ4v) is 3.50. The molecule has 1 aliphatic carbocycles. The molecule has 0 spiro atoms. The Morgan fingerprint density at radius 1 is 1.15 bits per heavy atom. The highest BCUT2D eigenvalue weighted by molar-refractivity contribution is 5.86. The highest BCUT2D eigenvalue weighted by Gasteiger charge is 2.35. The van der Waals surface area contributed by atoms with E-state index in [0.717, 1.165) is 38.8 Å². The van der Waals surface area contributed by atoms with Crippen LogP contribution in [0.15, 0.2) is 0 Å². The number of hydrogen-bond donors (Lipinski definition) is 2. The summed E-state index contributed by atoms with van der Waals surface area (Å²) in [6, 6.07) is 0. The fraction of sp³-hybridized carbons (Fsp3) is 0.938. The van der Waals surface area contributed by atoms with Crippen molar-refractivity contribution in [2.24, 2.45) is 11.7 Å². The Labute approximate surface area is 123 Å². The second kappa shape index (κ2) is 7.41. The minimum atomic E-state index is -0.594. The molecule has 1 saturated carbocycles. The van der Waals surface area contributed by atoms with Crippen LogP contribution in [0.2, 0.25) is 0 Å². The van der Waals surface area contributed by atoms with Gasteiger partial charge in [-0.3, -0.25) is 4.79 Å². The smallest absolute Gasteiger partial charge is 0.240 e. The van der Waals surface area contributed by atoms with Gasteiger partial charge in [0, 0.05) is 13.1 Å². The molecule has 1 amide bonds. The molecule has 4 heteroatoms. The van der Waals surface area contributed by atoms with Crippen molar-refractivity contribution in [1.82, 2.24) is 10.2 Å². The van der Waals surface area contributed by atoms with E-state index in [4.69, 9.17) is 5.73 Å². The number of carbonyl (C=O) groups is 1. The zero-order valence-corrected chi connectivity index (χ0v) is 13.0. The summed E-state index contributed by atoms with van der Waals surface area (Å²) in [4.78, 5) is 14.8. The summed E-state index contributed by atoms with van der Waals surface area (Å²) in [7, 11) is 0. The van der Waals surface area contributed by atoms with Crippen molar-refractivity contribution in [1.29, 1.82) is 0 Å². The van der Waals surface area contributed by atoms with E-state index < -0.39 is 5.54 Å². The lowest BCUT2D eigenvalue weighted by Gasteiger charge is -2.33. The summed E-state index contributed by atoms with van der Waals surface area (Å²) in [5.74, 6) is 0.576. The standard InChI is InChI=1S/C16H31N3O/c1-14(13-19-10-6-3-7-11-19)12-18-15(20)16(17)8-4-2-5-9-16/h14H,2-13,17H2,1H3,(H,18,20). The molecule has 20 heavy (non-hydrogen) atoms. The molecule has 1 atom stereocenters. The first-order chi connectivity index (χ1) is 9.60. The van der Waals surface area contributed by atoms with Gasteiger partial charge in [-0.15, -0.1) is 0 Å². The number of nitrogens with zero attached hydrogens (tertiary/aromatic N) is 1. The molecule has 2 rings (SSSR count). The lowest BCUT2D eigenvalue weighted by molar-refractivity contribution is -0.127. The van der Waals surface area contributed by atoms with Gasteiger partial charge >= 0.3 is 0 Å². The van der Waals surface area contributed by atoms with Gasteiger partial charge in [0.25, 0.3) is 0 Å². The highest BCUT2D eigenvalue weighted by atomic mass is 16.2. The molecule has 1 aliphatic heterocycles. The molecule has 0 aromatic heterocycles. The quantitative estimate of drug-likeness (QED) is 0.809. The summed E-state index contributed by atoms with van der Waals surface area (Å²) >= 11 is 0. The van der Waals surface area contributed by atoms with Crippen molar-refractivity contribution in [3.05, 3.63) is 0 Å². The second-order valence-corrected chi connectivity index (χ2v) is 6.89. The van der Waals surface area contributed by atoms with E-state index in [2.05, 4.69) is 17.1 Å². The normalized spacial score (nSPS) is 25.1. The van der Waals surface area contributed by atoms with Gasteiger partial charge in [-0.25, -0.2) is 0 Å². The maximum absolute atomic E-state index is 12.3. The molecule has 1 unspecified atom stereocenters. The van der Waals surface area contributed by atoms with Crippen molar-refractivity contribution in [2.75, 3.05) is 26.2 Å². The molecule has 0 aromatic carbocycles. The second-order valence-electron chi connectivity index (χ2n) is 6.89. The molecule has 1 heterocycles. The molecule has 2 aliphatic rings. The Morgan fingerprint density at radius 3 is 2.40 bits per heavy atom.